The van der Waals surface area contributed by atoms with Crippen molar-refractivity contribution >= 4 is 44.2 Å². The molecule has 0 aliphatic heterocycles. The number of hydrogen-bond donors (Lipinski definition) is 0. The molecule has 3 aromatic carbocycles. The molecule has 0 saturated heterocycles. The van der Waals surface area contributed by atoms with Crippen LogP contribution in [0.25, 0.3) is 42.7 Å². The fourth-order valence-electron chi connectivity index (χ4n) is 4.73. The summed E-state index contributed by atoms with van der Waals surface area (Å²) >= 11 is 1.46. The third-order valence-corrected chi connectivity index (χ3v) is 8.87. The first-order valence-corrected chi connectivity index (χ1v) is 14.9. The van der Waals surface area contributed by atoms with Crippen LogP contribution in [0.4, 0.5) is 35.1 Å². The van der Waals surface area contributed by atoms with Crippen molar-refractivity contribution in [1.82, 2.24) is 20.4 Å². The molecule has 0 aliphatic carbocycles. The smallest absolute Gasteiger partial charge is 0.172 e. The molecule has 0 amide bonds. The Balaban J connectivity index is 1.75. The van der Waals surface area contributed by atoms with E-state index in [-0.39, 0.29) is 0 Å². The molecule has 0 fully saturated rings. The number of benzene rings is 3. The van der Waals surface area contributed by atoms with Gasteiger partial charge >= 0.3 is 0 Å². The average Bonchev–Trinajstić information content (AvgIpc) is 3.62. The summed E-state index contributed by atoms with van der Waals surface area (Å²) in [6, 6.07) is 0. The lowest BCUT2D eigenvalue weighted by atomic mass is 9.96. The van der Waals surface area contributed by atoms with E-state index in [0.29, 0.717) is 35.7 Å². The minimum Gasteiger partial charge on any atom is -0.205 e. The van der Waals surface area contributed by atoms with E-state index in [9.17, 15) is 0 Å². The van der Waals surface area contributed by atoms with Crippen LogP contribution in [0.3, 0.4) is 0 Å². The zero-order valence-electron chi connectivity index (χ0n) is 22.3. The highest BCUT2D eigenvalue weighted by atomic mass is 32.1. The molecular weight excluding hydrogens is 608 g/mol. The molecule has 222 valence electrons. The number of fused-ring (bicyclic) bond motifs is 2. The monoisotopic (exact) mass is 630 g/mol. The third kappa shape index (κ3) is 5.01. The molecule has 5 rings (SSSR count). The topological polar surface area (TPSA) is 51.6 Å². The van der Waals surface area contributed by atoms with Gasteiger partial charge in [-0.25, -0.2) is 35.1 Å². The van der Waals surface area contributed by atoms with Crippen molar-refractivity contribution in [2.45, 2.75) is 65.2 Å². The van der Waals surface area contributed by atoms with Gasteiger partial charge in [0.2, 0.25) is 0 Å². The van der Waals surface area contributed by atoms with Gasteiger partial charge in [0.25, 0.3) is 0 Å². The molecule has 0 saturated carbocycles. The van der Waals surface area contributed by atoms with Crippen LogP contribution in [0.2, 0.25) is 0 Å². The SMILES string of the molecule is CCCCCc1nnc(-c2c(F)c(F)c3c(F)c4c(F)c(F)c(-c5nnc(CCCCC)s5)c(F)c4c(F)c3c2F)s1. The molecule has 5 aromatic rings. The van der Waals surface area contributed by atoms with E-state index in [1.54, 1.807) is 0 Å². The Hall–Kier alpha value is -3.26. The maximum atomic E-state index is 15.9. The number of rotatable bonds is 10. The number of halogens is 8. The lowest BCUT2D eigenvalue weighted by Gasteiger charge is -2.15. The van der Waals surface area contributed by atoms with Gasteiger partial charge in [0.15, 0.2) is 33.3 Å². The Morgan fingerprint density at radius 3 is 1.14 bits per heavy atom. The van der Waals surface area contributed by atoms with Gasteiger partial charge in [0, 0.05) is 12.8 Å². The van der Waals surface area contributed by atoms with E-state index >= 15 is 35.1 Å². The molecule has 0 atom stereocenters. The van der Waals surface area contributed by atoms with Gasteiger partial charge in [-0.1, -0.05) is 62.2 Å². The summed E-state index contributed by atoms with van der Waals surface area (Å²) in [5, 5.41) is 8.66. The normalized spacial score (nSPS) is 11.9. The lowest BCUT2D eigenvalue weighted by molar-refractivity contribution is 0.494. The first-order chi connectivity index (χ1) is 20.1. The molecule has 42 heavy (non-hydrogen) atoms. The zero-order valence-corrected chi connectivity index (χ0v) is 23.9. The Bertz CT molecular complexity index is 1690. The summed E-state index contributed by atoms with van der Waals surface area (Å²) in [4.78, 5) is 0. The number of aromatic nitrogens is 4. The Kier molecular flexibility index (Phi) is 8.74. The van der Waals surface area contributed by atoms with Crippen molar-refractivity contribution in [2.24, 2.45) is 0 Å². The molecule has 4 nitrogen and oxygen atoms in total. The molecule has 0 unspecified atom stereocenters. The minimum atomic E-state index is -2.08. The summed E-state index contributed by atoms with van der Waals surface area (Å²) in [6.07, 6.45) is 5.73. The predicted molar refractivity (Wildman–Crippen MR) is 145 cm³/mol. The Morgan fingerprint density at radius 1 is 0.429 bits per heavy atom. The highest BCUT2D eigenvalue weighted by molar-refractivity contribution is 7.15. The van der Waals surface area contributed by atoms with Gasteiger partial charge in [-0.15, -0.1) is 20.4 Å². The van der Waals surface area contributed by atoms with Gasteiger partial charge in [-0.05, 0) is 12.8 Å². The molecule has 0 aliphatic rings. The first kappa shape index (κ1) is 30.2. The van der Waals surface area contributed by atoms with Gasteiger partial charge in [0.1, 0.15) is 33.3 Å². The van der Waals surface area contributed by atoms with Gasteiger partial charge in [-0.3, -0.25) is 0 Å². The molecule has 14 heteroatoms. The van der Waals surface area contributed by atoms with E-state index < -0.39 is 89.2 Å². The van der Waals surface area contributed by atoms with E-state index in [4.69, 9.17) is 0 Å². The lowest BCUT2D eigenvalue weighted by Crippen LogP contribution is -2.06. The van der Waals surface area contributed by atoms with Crippen molar-refractivity contribution < 1.29 is 35.1 Å². The van der Waals surface area contributed by atoms with Crippen LogP contribution >= 0.6 is 22.7 Å². The quantitative estimate of drug-likeness (QED) is 0.0668. The molecule has 2 heterocycles. The maximum Gasteiger partial charge on any atom is 0.172 e. The highest BCUT2D eigenvalue weighted by Gasteiger charge is 2.34. The van der Waals surface area contributed by atoms with Crippen LogP contribution in [0.15, 0.2) is 0 Å². The molecule has 0 bridgehead atoms. The summed E-state index contributed by atoms with van der Waals surface area (Å²) in [5.74, 6) is -15.6. The number of hydrogen-bond acceptors (Lipinski definition) is 6. The van der Waals surface area contributed by atoms with Crippen LogP contribution in [0, 0.1) is 46.5 Å². The fourth-order valence-corrected chi connectivity index (χ4v) is 6.56. The zero-order chi connectivity index (χ0) is 30.3. The first-order valence-electron chi connectivity index (χ1n) is 13.2. The largest absolute Gasteiger partial charge is 0.205 e. The van der Waals surface area contributed by atoms with E-state index in [1.165, 1.54) is 0 Å². The molecule has 0 radical (unpaired) electrons. The van der Waals surface area contributed by atoms with Crippen molar-refractivity contribution in [2.75, 3.05) is 0 Å². The standard InChI is InChI=1S/C28H22F8N4S2/c1-3-5-7-9-11-37-39-27(41-11)17-21(31)13-15(23(33)25(17)35)20(30)16-14(19(13)29)22(32)18(26(36)24(16)34)28-40-38-12(42-28)10-8-6-4-2/h3-10H2,1-2H3. The van der Waals surface area contributed by atoms with Gasteiger partial charge in [-0.2, -0.15) is 0 Å². The second-order valence-electron chi connectivity index (χ2n) is 9.68. The third-order valence-electron chi connectivity index (χ3n) is 6.87. The molecule has 2 aromatic heterocycles. The van der Waals surface area contributed by atoms with Gasteiger partial charge in [0.05, 0.1) is 32.7 Å². The Labute approximate surface area is 242 Å². The van der Waals surface area contributed by atoms with E-state index in [0.717, 1.165) is 48.4 Å². The number of nitrogens with zero attached hydrogens (tertiary/aromatic N) is 4. The van der Waals surface area contributed by atoms with Crippen LogP contribution in [0.1, 0.15) is 62.4 Å². The minimum absolute atomic E-state index is 0.377. The maximum absolute atomic E-state index is 15.9. The van der Waals surface area contributed by atoms with Crippen LogP contribution < -0.4 is 0 Å². The van der Waals surface area contributed by atoms with Crippen molar-refractivity contribution in [3.63, 3.8) is 0 Å². The summed E-state index contributed by atoms with van der Waals surface area (Å²) in [5.41, 5.74) is -2.28. The van der Waals surface area contributed by atoms with Crippen LogP contribution in [-0.4, -0.2) is 20.4 Å². The van der Waals surface area contributed by atoms with Crippen LogP contribution in [-0.2, 0) is 12.8 Å². The summed E-state index contributed by atoms with van der Waals surface area (Å²) in [6.45, 7) is 3.94. The average molecular weight is 631 g/mol. The second kappa shape index (κ2) is 12.2. The Morgan fingerprint density at radius 2 is 0.786 bits per heavy atom. The van der Waals surface area contributed by atoms with Crippen LogP contribution in [0.5, 0.6) is 0 Å². The number of unbranched alkanes of at least 4 members (excludes halogenated alkanes) is 4. The second-order valence-corrected chi connectivity index (χ2v) is 11.8. The molecule has 0 spiro atoms. The number of aryl methyl sites for hydroxylation is 2. The molecule has 0 N–H and O–H groups in total. The predicted octanol–water partition coefficient (Wildman–Crippen LogP) is 9.61. The van der Waals surface area contributed by atoms with Crippen molar-refractivity contribution in [3.8, 4) is 21.1 Å². The van der Waals surface area contributed by atoms with E-state index in [1.807, 2.05) is 13.8 Å². The molecular formula is C28H22F8N4S2. The summed E-state index contributed by atoms with van der Waals surface area (Å²) in [7, 11) is 0. The van der Waals surface area contributed by atoms with E-state index in [2.05, 4.69) is 20.4 Å². The highest BCUT2D eigenvalue weighted by Crippen LogP contribution is 2.44. The van der Waals surface area contributed by atoms with Gasteiger partial charge < -0.3 is 0 Å². The van der Waals surface area contributed by atoms with Crippen molar-refractivity contribution in [3.05, 3.63) is 56.6 Å². The van der Waals surface area contributed by atoms with Crippen molar-refractivity contribution in [1.29, 1.82) is 0 Å². The summed E-state index contributed by atoms with van der Waals surface area (Å²) < 4.78 is 124. The fraction of sp³-hybridized carbons (Fsp3) is 0.357.